The van der Waals surface area contributed by atoms with Gasteiger partial charge in [0, 0.05) is 5.03 Å². The molecule has 1 unspecified atom stereocenters. The molecule has 2 aromatic carbocycles. The van der Waals surface area contributed by atoms with E-state index in [2.05, 4.69) is 45.0 Å². The molecule has 0 aliphatic rings. The summed E-state index contributed by atoms with van der Waals surface area (Å²) in [5.74, 6) is 0. The van der Waals surface area contributed by atoms with Crippen LogP contribution < -0.4 is 10.4 Å². The van der Waals surface area contributed by atoms with Crippen molar-refractivity contribution in [2.75, 3.05) is 13.2 Å². The molecular weight excluding hydrogens is 412 g/mol. The van der Waals surface area contributed by atoms with Crippen molar-refractivity contribution < 1.29 is 14.6 Å². The number of allylic oxidation sites excluding steroid dienone is 3. The predicted octanol–water partition coefficient (Wildman–Crippen LogP) is 4.38. The highest BCUT2D eigenvalue weighted by Gasteiger charge is 2.50. The summed E-state index contributed by atoms with van der Waals surface area (Å²) < 4.78 is 6.85. The third-order valence-corrected chi connectivity index (χ3v) is 10.4. The first-order valence-corrected chi connectivity index (χ1v) is 12.6. The SMILES string of the molecule is C/C(Cl)=C/C/C=C(/CO[Si](c1ccccc1)(c1ccccc1)C(C)(C)C)C(O)CO. The average Bonchev–Trinajstić information content (AvgIpc) is 2.72. The second kappa shape index (κ2) is 11.1. The summed E-state index contributed by atoms with van der Waals surface area (Å²) in [5.41, 5.74) is 0.666. The van der Waals surface area contributed by atoms with Gasteiger partial charge in [-0.05, 0) is 34.3 Å². The minimum absolute atomic E-state index is 0.155. The van der Waals surface area contributed by atoms with Gasteiger partial charge >= 0.3 is 0 Å². The standard InChI is InChI=1S/C25H33ClO3Si/c1-20(26)12-11-13-21(24(28)18-27)19-29-30(25(2,3)4,22-14-7-5-8-15-22)23-16-9-6-10-17-23/h5-10,12-17,24,27-28H,11,18-19H2,1-4H3/b20-12-,21-13-. The third-order valence-electron chi connectivity index (χ3n) is 5.25. The molecule has 30 heavy (non-hydrogen) atoms. The summed E-state index contributed by atoms with van der Waals surface area (Å²) in [7, 11) is -2.71. The second-order valence-corrected chi connectivity index (χ2v) is 13.4. The van der Waals surface area contributed by atoms with Gasteiger partial charge < -0.3 is 14.6 Å². The molecule has 2 rings (SSSR count). The molecule has 0 heterocycles. The molecule has 0 fully saturated rings. The average molecular weight is 445 g/mol. The van der Waals surface area contributed by atoms with Crippen LogP contribution in [0.3, 0.4) is 0 Å². The highest BCUT2D eigenvalue weighted by atomic mass is 35.5. The molecule has 0 spiro atoms. The Balaban J connectivity index is 2.53. The molecule has 162 valence electrons. The number of benzene rings is 2. The summed E-state index contributed by atoms with van der Waals surface area (Å²) >= 11 is 5.94. The highest BCUT2D eigenvalue weighted by molar-refractivity contribution is 6.99. The van der Waals surface area contributed by atoms with Crippen LogP contribution in [0.4, 0.5) is 0 Å². The molecule has 0 radical (unpaired) electrons. The van der Waals surface area contributed by atoms with Gasteiger partial charge in [0.1, 0.15) is 6.10 Å². The van der Waals surface area contributed by atoms with Gasteiger partial charge in [-0.1, -0.05) is 105 Å². The van der Waals surface area contributed by atoms with Crippen LogP contribution in [0, 0.1) is 0 Å². The predicted molar refractivity (Wildman–Crippen MR) is 129 cm³/mol. The smallest absolute Gasteiger partial charge is 0.261 e. The summed E-state index contributed by atoms with van der Waals surface area (Å²) in [6.45, 7) is 8.35. The van der Waals surface area contributed by atoms with Crippen LogP contribution in [0.2, 0.25) is 5.04 Å². The number of aliphatic hydroxyl groups excluding tert-OH is 2. The van der Waals surface area contributed by atoms with E-state index < -0.39 is 14.4 Å². The minimum atomic E-state index is -2.71. The zero-order valence-electron chi connectivity index (χ0n) is 18.3. The Bertz CT molecular complexity index is 798. The lowest BCUT2D eigenvalue weighted by molar-refractivity contribution is 0.112. The Hall–Kier alpha value is -1.69. The van der Waals surface area contributed by atoms with E-state index in [-0.39, 0.29) is 18.3 Å². The van der Waals surface area contributed by atoms with E-state index in [0.29, 0.717) is 17.0 Å². The summed E-state index contributed by atoms with van der Waals surface area (Å²) in [5, 5.41) is 22.8. The van der Waals surface area contributed by atoms with Crippen LogP contribution in [0.5, 0.6) is 0 Å². The van der Waals surface area contributed by atoms with Crippen molar-refractivity contribution in [1.82, 2.24) is 0 Å². The Kier molecular flexibility index (Phi) is 9.07. The Morgan fingerprint density at radius 2 is 1.50 bits per heavy atom. The van der Waals surface area contributed by atoms with Crippen molar-refractivity contribution >= 4 is 30.3 Å². The molecule has 0 saturated carbocycles. The topological polar surface area (TPSA) is 49.7 Å². The Labute approximate surface area is 186 Å². The van der Waals surface area contributed by atoms with Crippen LogP contribution >= 0.6 is 11.6 Å². The highest BCUT2D eigenvalue weighted by Crippen LogP contribution is 2.37. The van der Waals surface area contributed by atoms with Gasteiger partial charge in [0.2, 0.25) is 0 Å². The molecule has 2 N–H and O–H groups in total. The van der Waals surface area contributed by atoms with Crippen LogP contribution in [0.1, 0.15) is 34.1 Å². The zero-order chi connectivity index (χ0) is 22.2. The molecule has 1 atom stereocenters. The van der Waals surface area contributed by atoms with Gasteiger partial charge in [0.05, 0.1) is 13.2 Å². The van der Waals surface area contributed by atoms with Crippen LogP contribution in [0.25, 0.3) is 0 Å². The fraction of sp³-hybridized carbons (Fsp3) is 0.360. The van der Waals surface area contributed by atoms with Crippen LogP contribution in [-0.4, -0.2) is 37.8 Å². The first kappa shape index (κ1) is 24.6. The van der Waals surface area contributed by atoms with Crippen LogP contribution in [0.15, 0.2) is 83.4 Å². The van der Waals surface area contributed by atoms with Gasteiger partial charge in [-0.2, -0.15) is 0 Å². The van der Waals surface area contributed by atoms with Crippen molar-refractivity contribution in [1.29, 1.82) is 0 Å². The lowest BCUT2D eigenvalue weighted by atomic mass is 10.1. The first-order valence-electron chi connectivity index (χ1n) is 10.3. The largest absolute Gasteiger partial charge is 0.403 e. The minimum Gasteiger partial charge on any atom is -0.403 e. The maximum absolute atomic E-state index is 10.4. The second-order valence-electron chi connectivity index (χ2n) is 8.46. The van der Waals surface area contributed by atoms with E-state index in [1.807, 2.05) is 55.5 Å². The molecule has 0 bridgehead atoms. The lowest BCUT2D eigenvalue weighted by Crippen LogP contribution is -2.66. The fourth-order valence-corrected chi connectivity index (χ4v) is 8.36. The van der Waals surface area contributed by atoms with E-state index in [9.17, 15) is 10.2 Å². The molecule has 0 saturated heterocycles. The Morgan fingerprint density at radius 3 is 1.90 bits per heavy atom. The number of halogens is 1. The Morgan fingerprint density at radius 1 is 1.00 bits per heavy atom. The summed E-state index contributed by atoms with van der Waals surface area (Å²) in [6.07, 6.45) is 3.37. The molecule has 0 aliphatic carbocycles. The molecule has 2 aromatic rings. The van der Waals surface area contributed by atoms with E-state index in [1.165, 1.54) is 10.4 Å². The van der Waals surface area contributed by atoms with Gasteiger partial charge in [0.25, 0.3) is 8.32 Å². The summed E-state index contributed by atoms with van der Waals surface area (Å²) in [4.78, 5) is 0. The molecule has 0 aliphatic heterocycles. The zero-order valence-corrected chi connectivity index (χ0v) is 20.1. The van der Waals surface area contributed by atoms with Crippen molar-refractivity contribution in [3.05, 3.63) is 83.4 Å². The number of hydrogen-bond acceptors (Lipinski definition) is 3. The molecule has 3 nitrogen and oxygen atoms in total. The van der Waals surface area contributed by atoms with E-state index in [4.69, 9.17) is 16.0 Å². The van der Waals surface area contributed by atoms with Crippen molar-refractivity contribution in [2.45, 2.75) is 45.3 Å². The van der Waals surface area contributed by atoms with E-state index >= 15 is 0 Å². The van der Waals surface area contributed by atoms with Crippen molar-refractivity contribution in [3.8, 4) is 0 Å². The van der Waals surface area contributed by atoms with Crippen molar-refractivity contribution in [2.24, 2.45) is 0 Å². The van der Waals surface area contributed by atoms with Gasteiger partial charge in [0.15, 0.2) is 0 Å². The van der Waals surface area contributed by atoms with Crippen LogP contribution in [-0.2, 0) is 4.43 Å². The summed E-state index contributed by atoms with van der Waals surface area (Å²) in [6, 6.07) is 20.7. The number of aliphatic hydroxyl groups is 2. The number of hydrogen-bond donors (Lipinski definition) is 2. The number of rotatable bonds is 9. The maximum Gasteiger partial charge on any atom is 0.261 e. The normalized spacial score (nSPS) is 14.6. The fourth-order valence-electron chi connectivity index (χ4n) is 3.73. The van der Waals surface area contributed by atoms with Gasteiger partial charge in [-0.25, -0.2) is 0 Å². The first-order chi connectivity index (χ1) is 14.2. The third kappa shape index (κ3) is 5.93. The van der Waals surface area contributed by atoms with Crippen molar-refractivity contribution in [3.63, 3.8) is 0 Å². The molecule has 5 heteroatoms. The quantitative estimate of drug-likeness (QED) is 0.446. The van der Waals surface area contributed by atoms with E-state index in [0.717, 1.165) is 0 Å². The molecule has 0 aromatic heterocycles. The van der Waals surface area contributed by atoms with Gasteiger partial charge in [-0.15, -0.1) is 0 Å². The lowest BCUT2D eigenvalue weighted by Gasteiger charge is -2.43. The molecule has 0 amide bonds. The monoisotopic (exact) mass is 444 g/mol. The maximum atomic E-state index is 10.4. The molecular formula is C25H33ClO3Si. The van der Waals surface area contributed by atoms with E-state index in [1.54, 1.807) is 0 Å². The van der Waals surface area contributed by atoms with Gasteiger partial charge in [-0.3, -0.25) is 0 Å².